The van der Waals surface area contributed by atoms with Gasteiger partial charge in [0.15, 0.2) is 0 Å². The predicted octanol–water partition coefficient (Wildman–Crippen LogP) is 2.75. The second kappa shape index (κ2) is 9.08. The third-order valence-corrected chi connectivity index (χ3v) is 6.49. The first kappa shape index (κ1) is 23.1. The molecule has 2 aliphatic rings. The normalized spacial score (nSPS) is 19.6. The van der Waals surface area contributed by atoms with E-state index in [1.165, 1.54) is 5.56 Å². The van der Waals surface area contributed by atoms with Crippen LogP contribution in [0.4, 0.5) is 0 Å². The van der Waals surface area contributed by atoms with E-state index >= 15 is 0 Å². The maximum Gasteiger partial charge on any atom is 0.255 e. The number of nitrogens with one attached hydrogen (secondary N) is 1. The topological polar surface area (TPSA) is 95.7 Å². The van der Waals surface area contributed by atoms with E-state index in [1.54, 1.807) is 4.90 Å². The van der Waals surface area contributed by atoms with Crippen LogP contribution in [0.15, 0.2) is 48.5 Å². The number of hydrogen-bond acceptors (Lipinski definition) is 5. The van der Waals surface area contributed by atoms with Gasteiger partial charge in [0, 0.05) is 43.2 Å². The zero-order valence-electron chi connectivity index (χ0n) is 19.5. The molecule has 7 nitrogen and oxygen atoms in total. The summed E-state index contributed by atoms with van der Waals surface area (Å²) in [6.07, 6.45) is 0.607. The average Bonchev–Trinajstić information content (AvgIpc) is 3.10. The van der Waals surface area contributed by atoms with Crippen LogP contribution in [0.3, 0.4) is 0 Å². The number of hydrogen-bond donors (Lipinski definition) is 2. The Balaban J connectivity index is 1.61. The zero-order valence-corrected chi connectivity index (χ0v) is 19.5. The van der Waals surface area contributed by atoms with Gasteiger partial charge >= 0.3 is 0 Å². The van der Waals surface area contributed by atoms with Crippen molar-refractivity contribution in [3.8, 4) is 0 Å². The van der Waals surface area contributed by atoms with Crippen LogP contribution in [-0.4, -0.2) is 45.6 Å². The van der Waals surface area contributed by atoms with Crippen LogP contribution in [0, 0.1) is 0 Å². The molecule has 33 heavy (non-hydrogen) atoms. The quantitative estimate of drug-likeness (QED) is 0.635. The van der Waals surface area contributed by atoms with Gasteiger partial charge in [-0.1, -0.05) is 42.5 Å². The monoisotopic (exact) mass is 448 g/mol. The largest absolute Gasteiger partial charge is 0.324 e. The van der Waals surface area contributed by atoms with Crippen LogP contribution >= 0.6 is 0 Å². The van der Waals surface area contributed by atoms with E-state index in [1.807, 2.05) is 50.2 Å². The van der Waals surface area contributed by atoms with Crippen molar-refractivity contribution >= 4 is 17.7 Å². The summed E-state index contributed by atoms with van der Waals surface area (Å²) in [5, 5.41) is 2.37. The number of benzene rings is 2. The Kier molecular flexibility index (Phi) is 6.36. The minimum absolute atomic E-state index is 0.133. The Morgan fingerprint density at radius 3 is 2.52 bits per heavy atom. The van der Waals surface area contributed by atoms with Gasteiger partial charge in [0.2, 0.25) is 11.8 Å². The van der Waals surface area contributed by atoms with Crippen molar-refractivity contribution in [2.45, 2.75) is 64.3 Å². The molecule has 4 rings (SSSR count). The average molecular weight is 449 g/mol. The van der Waals surface area contributed by atoms with Gasteiger partial charge in [-0.2, -0.15) is 0 Å². The molecule has 7 heteroatoms. The summed E-state index contributed by atoms with van der Waals surface area (Å²) in [5.74, 6) is -0.822. The number of rotatable bonds is 7. The van der Waals surface area contributed by atoms with E-state index in [-0.39, 0.29) is 24.3 Å². The Morgan fingerprint density at radius 1 is 1.12 bits per heavy atom. The summed E-state index contributed by atoms with van der Waals surface area (Å²) in [7, 11) is 0. The lowest BCUT2D eigenvalue weighted by Crippen LogP contribution is -2.52. The van der Waals surface area contributed by atoms with E-state index < -0.39 is 17.5 Å². The number of fused-ring (bicyclic) bond motifs is 1. The van der Waals surface area contributed by atoms with Crippen LogP contribution in [-0.2, 0) is 22.7 Å². The first-order valence-electron chi connectivity index (χ1n) is 11.5. The summed E-state index contributed by atoms with van der Waals surface area (Å²) in [6, 6.07) is 15.6. The molecule has 2 atom stereocenters. The number of nitrogens with two attached hydrogens (primary N) is 1. The standard InChI is InChI=1S/C26H32N4O3/c1-17(18-8-5-4-6-9-18)29(16-26(2,3)27)14-19-10-7-11-20-21(19)15-30(25(20)33)22-12-13-23(31)28-24(22)32/h4-11,17,22H,12-16,27H2,1-3H3,(H,28,31,32). The summed E-state index contributed by atoms with van der Waals surface area (Å²) in [6.45, 7) is 7.89. The highest BCUT2D eigenvalue weighted by Gasteiger charge is 2.40. The predicted molar refractivity (Wildman–Crippen MR) is 126 cm³/mol. The fraction of sp³-hybridized carbons (Fsp3) is 0.423. The van der Waals surface area contributed by atoms with Gasteiger partial charge in [-0.15, -0.1) is 0 Å². The summed E-state index contributed by atoms with van der Waals surface area (Å²) in [4.78, 5) is 41.1. The Labute approximate surface area is 194 Å². The summed E-state index contributed by atoms with van der Waals surface area (Å²) in [5.41, 5.74) is 9.87. The molecular weight excluding hydrogens is 416 g/mol. The van der Waals surface area contributed by atoms with Crippen molar-refractivity contribution in [1.29, 1.82) is 0 Å². The van der Waals surface area contributed by atoms with Crippen molar-refractivity contribution in [2.75, 3.05) is 6.54 Å². The molecule has 2 aromatic carbocycles. The molecule has 3 amide bonds. The van der Waals surface area contributed by atoms with Crippen molar-refractivity contribution in [3.05, 3.63) is 70.8 Å². The highest BCUT2D eigenvalue weighted by Crippen LogP contribution is 2.32. The molecule has 1 saturated heterocycles. The van der Waals surface area contributed by atoms with E-state index in [9.17, 15) is 14.4 Å². The lowest BCUT2D eigenvalue weighted by atomic mass is 9.98. The third kappa shape index (κ3) is 4.99. The number of nitrogens with zero attached hydrogens (tertiary/aromatic N) is 2. The molecule has 0 aromatic heterocycles. The van der Waals surface area contributed by atoms with Crippen molar-refractivity contribution in [1.82, 2.24) is 15.1 Å². The second-order valence-corrected chi connectivity index (χ2v) is 9.82. The number of carbonyl (C=O) groups is 3. The number of carbonyl (C=O) groups excluding carboxylic acids is 3. The second-order valence-electron chi connectivity index (χ2n) is 9.82. The smallest absolute Gasteiger partial charge is 0.255 e. The van der Waals surface area contributed by atoms with Gasteiger partial charge < -0.3 is 10.6 Å². The van der Waals surface area contributed by atoms with E-state index in [0.717, 1.165) is 11.1 Å². The van der Waals surface area contributed by atoms with Gasteiger partial charge in [0.1, 0.15) is 6.04 Å². The third-order valence-electron chi connectivity index (χ3n) is 6.49. The minimum Gasteiger partial charge on any atom is -0.324 e. The number of imide groups is 1. The molecule has 2 unspecified atom stereocenters. The molecule has 2 aromatic rings. The Hall–Kier alpha value is -3.03. The van der Waals surface area contributed by atoms with Gasteiger partial charge in [0.05, 0.1) is 0 Å². The molecule has 1 fully saturated rings. The van der Waals surface area contributed by atoms with Crippen LogP contribution in [0.5, 0.6) is 0 Å². The molecule has 0 bridgehead atoms. The molecule has 2 heterocycles. The van der Waals surface area contributed by atoms with Crippen LogP contribution in [0.2, 0.25) is 0 Å². The van der Waals surface area contributed by atoms with Crippen molar-refractivity contribution < 1.29 is 14.4 Å². The molecule has 0 aliphatic carbocycles. The maximum absolute atomic E-state index is 13.2. The van der Waals surface area contributed by atoms with Gasteiger partial charge in [0.25, 0.3) is 5.91 Å². The molecule has 2 aliphatic heterocycles. The first-order chi connectivity index (χ1) is 15.6. The Bertz CT molecular complexity index is 1060. The van der Waals surface area contributed by atoms with E-state index in [2.05, 4.69) is 29.3 Å². The van der Waals surface area contributed by atoms with E-state index in [4.69, 9.17) is 5.73 Å². The molecule has 0 spiro atoms. The SMILES string of the molecule is CC(c1ccccc1)N(Cc1cccc2c1CN(C1CCC(=O)NC1=O)C2=O)CC(C)(C)N. The van der Waals surface area contributed by atoms with Gasteiger partial charge in [-0.05, 0) is 49.9 Å². The zero-order chi connectivity index (χ0) is 23.8. The van der Waals surface area contributed by atoms with Crippen LogP contribution in [0.1, 0.15) is 66.7 Å². The fourth-order valence-electron chi connectivity index (χ4n) is 4.81. The summed E-state index contributed by atoms with van der Waals surface area (Å²) < 4.78 is 0. The van der Waals surface area contributed by atoms with Crippen molar-refractivity contribution in [3.63, 3.8) is 0 Å². The molecule has 3 N–H and O–H groups in total. The van der Waals surface area contributed by atoms with Gasteiger partial charge in [-0.25, -0.2) is 0 Å². The molecule has 0 radical (unpaired) electrons. The molecule has 0 saturated carbocycles. The number of amides is 3. The van der Waals surface area contributed by atoms with Crippen molar-refractivity contribution in [2.24, 2.45) is 5.73 Å². The number of piperidine rings is 1. The fourth-order valence-corrected chi connectivity index (χ4v) is 4.81. The maximum atomic E-state index is 13.2. The van der Waals surface area contributed by atoms with Gasteiger partial charge in [-0.3, -0.25) is 24.6 Å². The summed E-state index contributed by atoms with van der Waals surface area (Å²) >= 11 is 0. The van der Waals surface area contributed by atoms with E-state index in [0.29, 0.717) is 31.6 Å². The highest BCUT2D eigenvalue weighted by atomic mass is 16.2. The minimum atomic E-state index is -0.613. The first-order valence-corrected chi connectivity index (χ1v) is 11.5. The highest BCUT2D eigenvalue weighted by molar-refractivity contribution is 6.05. The van der Waals surface area contributed by atoms with Crippen LogP contribution in [0.25, 0.3) is 0 Å². The lowest BCUT2D eigenvalue weighted by Gasteiger charge is -2.35. The molecule has 174 valence electrons. The Morgan fingerprint density at radius 2 is 1.85 bits per heavy atom. The molecular formula is C26H32N4O3. The lowest BCUT2D eigenvalue weighted by molar-refractivity contribution is -0.136. The van der Waals surface area contributed by atoms with Crippen LogP contribution < -0.4 is 11.1 Å².